The molecule has 0 heterocycles. The van der Waals surface area contributed by atoms with Crippen LogP contribution in [0, 0.1) is 13.8 Å². The largest absolute Gasteiger partial charge is 0.484 e. The van der Waals surface area contributed by atoms with Crippen LogP contribution in [0.2, 0.25) is 5.02 Å². The normalized spacial score (nSPS) is 11.5. The van der Waals surface area contributed by atoms with Crippen LogP contribution in [-0.2, 0) is 16.0 Å². The number of carbonyl (C=O) groups excluding carboxylic acids is 2. The summed E-state index contributed by atoms with van der Waals surface area (Å²) in [4.78, 5) is 24.0. The highest BCUT2D eigenvalue weighted by Crippen LogP contribution is 2.25. The lowest BCUT2D eigenvalue weighted by Gasteiger charge is -2.15. The Bertz CT molecular complexity index is 814. The first-order chi connectivity index (χ1) is 13.3. The summed E-state index contributed by atoms with van der Waals surface area (Å²) in [5, 5.41) is 0.669. The topological polar surface area (TPSA) is 76.7 Å². The highest BCUT2D eigenvalue weighted by Gasteiger charge is 2.15. The molecule has 2 aromatic rings. The molecule has 0 aliphatic rings. The van der Waals surface area contributed by atoms with Crippen LogP contribution in [0.15, 0.2) is 36.4 Å². The van der Waals surface area contributed by atoms with Gasteiger partial charge in [0, 0.05) is 5.02 Å². The molecule has 0 saturated heterocycles. The third-order valence-electron chi connectivity index (χ3n) is 4.12. The molecule has 2 amide bonds. The van der Waals surface area contributed by atoms with Gasteiger partial charge in [-0.2, -0.15) is 0 Å². The molecule has 0 spiro atoms. The van der Waals surface area contributed by atoms with E-state index in [0.29, 0.717) is 16.5 Å². The number of benzene rings is 2. The van der Waals surface area contributed by atoms with E-state index in [1.807, 2.05) is 38.1 Å². The van der Waals surface area contributed by atoms with Crippen molar-refractivity contribution in [3.63, 3.8) is 0 Å². The van der Waals surface area contributed by atoms with Crippen molar-refractivity contribution in [3.05, 3.63) is 58.1 Å². The number of nitrogens with one attached hydrogen (secondary N) is 2. The van der Waals surface area contributed by atoms with Gasteiger partial charge >= 0.3 is 0 Å². The van der Waals surface area contributed by atoms with Crippen LogP contribution < -0.4 is 20.3 Å². The number of ether oxygens (including phenoxy) is 2. The highest BCUT2D eigenvalue weighted by atomic mass is 35.5. The van der Waals surface area contributed by atoms with Gasteiger partial charge in [0.05, 0.1) is 0 Å². The summed E-state index contributed by atoms with van der Waals surface area (Å²) < 4.78 is 11.0. The lowest BCUT2D eigenvalue weighted by Crippen LogP contribution is -2.48. The van der Waals surface area contributed by atoms with Crippen molar-refractivity contribution in [3.8, 4) is 11.5 Å². The van der Waals surface area contributed by atoms with Gasteiger partial charge in [-0.15, -0.1) is 0 Å². The second-order valence-electron chi connectivity index (χ2n) is 6.45. The molecule has 0 aliphatic heterocycles. The summed E-state index contributed by atoms with van der Waals surface area (Å²) in [6.07, 6.45) is 0.162. The van der Waals surface area contributed by atoms with Crippen LogP contribution in [0.25, 0.3) is 0 Å². The van der Waals surface area contributed by atoms with E-state index in [9.17, 15) is 9.59 Å². The molecular weight excluding hydrogens is 380 g/mol. The van der Waals surface area contributed by atoms with Crippen LogP contribution in [0.1, 0.15) is 30.5 Å². The number of aryl methyl sites for hydroxylation is 3. The van der Waals surface area contributed by atoms with E-state index in [-0.39, 0.29) is 6.61 Å². The Morgan fingerprint density at radius 1 is 1.04 bits per heavy atom. The predicted octanol–water partition coefficient (Wildman–Crippen LogP) is 3.51. The number of hydrogen-bond acceptors (Lipinski definition) is 4. The van der Waals surface area contributed by atoms with E-state index in [0.717, 1.165) is 17.5 Å². The molecule has 0 fully saturated rings. The molecule has 2 N–H and O–H groups in total. The van der Waals surface area contributed by atoms with E-state index in [2.05, 4.69) is 17.8 Å². The average molecular weight is 405 g/mol. The molecule has 0 bridgehead atoms. The molecular formula is C21H25ClN2O4. The number of amides is 2. The Labute approximate surface area is 170 Å². The number of carbonyl (C=O) groups is 2. The van der Waals surface area contributed by atoms with Crippen LogP contribution in [-0.4, -0.2) is 24.5 Å². The molecule has 0 saturated carbocycles. The van der Waals surface area contributed by atoms with E-state index >= 15 is 0 Å². The molecule has 2 rings (SSSR count). The third-order valence-corrected chi connectivity index (χ3v) is 4.71. The fourth-order valence-electron chi connectivity index (χ4n) is 2.47. The molecule has 1 atom stereocenters. The SMILES string of the molecule is CCc1ccc(O[C@H](C)C(=O)NNC(=O)COc2cc(C)c(Cl)c(C)c2)cc1. The molecule has 28 heavy (non-hydrogen) atoms. The van der Waals surface area contributed by atoms with Crippen molar-refractivity contribution in [1.29, 1.82) is 0 Å². The second-order valence-corrected chi connectivity index (χ2v) is 6.83. The first kappa shape index (κ1) is 21.6. The van der Waals surface area contributed by atoms with Crippen LogP contribution in [0.3, 0.4) is 0 Å². The fraction of sp³-hybridized carbons (Fsp3) is 0.333. The van der Waals surface area contributed by atoms with Gasteiger partial charge in [0.25, 0.3) is 11.8 Å². The molecule has 6 nitrogen and oxygen atoms in total. The molecule has 0 aliphatic carbocycles. The summed E-state index contributed by atoms with van der Waals surface area (Å²) in [7, 11) is 0. The molecule has 2 aromatic carbocycles. The van der Waals surface area contributed by atoms with Crippen molar-refractivity contribution in [2.75, 3.05) is 6.61 Å². The van der Waals surface area contributed by atoms with Gasteiger partial charge < -0.3 is 9.47 Å². The van der Waals surface area contributed by atoms with Crippen molar-refractivity contribution >= 4 is 23.4 Å². The van der Waals surface area contributed by atoms with Crippen LogP contribution in [0.4, 0.5) is 0 Å². The Morgan fingerprint density at radius 2 is 1.64 bits per heavy atom. The van der Waals surface area contributed by atoms with Crippen molar-refractivity contribution < 1.29 is 19.1 Å². The zero-order valence-corrected chi connectivity index (χ0v) is 17.2. The van der Waals surface area contributed by atoms with Crippen LogP contribution in [0.5, 0.6) is 11.5 Å². The quantitative estimate of drug-likeness (QED) is 0.692. The molecule has 0 aromatic heterocycles. The Balaban J connectivity index is 1.77. The minimum atomic E-state index is -0.768. The summed E-state index contributed by atoms with van der Waals surface area (Å²) in [6, 6.07) is 11.0. The van der Waals surface area contributed by atoms with Crippen molar-refractivity contribution in [2.45, 2.75) is 40.2 Å². The summed E-state index contributed by atoms with van der Waals surface area (Å²) in [6.45, 7) is 7.15. The van der Waals surface area contributed by atoms with Gasteiger partial charge in [0.15, 0.2) is 12.7 Å². The minimum absolute atomic E-state index is 0.242. The maximum Gasteiger partial charge on any atom is 0.279 e. The molecule has 0 unspecified atom stereocenters. The molecule has 0 radical (unpaired) electrons. The minimum Gasteiger partial charge on any atom is -0.484 e. The number of halogens is 1. The second kappa shape index (κ2) is 9.99. The van der Waals surface area contributed by atoms with Gasteiger partial charge in [0.2, 0.25) is 0 Å². The zero-order chi connectivity index (χ0) is 20.7. The summed E-state index contributed by atoms with van der Waals surface area (Å²) >= 11 is 6.11. The summed E-state index contributed by atoms with van der Waals surface area (Å²) in [5.41, 5.74) is 7.55. The Hall–Kier alpha value is -2.73. The average Bonchev–Trinajstić information content (AvgIpc) is 2.68. The molecule has 150 valence electrons. The van der Waals surface area contributed by atoms with Crippen molar-refractivity contribution in [1.82, 2.24) is 10.9 Å². The maximum absolute atomic E-state index is 12.1. The Kier molecular flexibility index (Phi) is 7.70. The monoisotopic (exact) mass is 404 g/mol. The lowest BCUT2D eigenvalue weighted by atomic mass is 10.1. The summed E-state index contributed by atoms with van der Waals surface area (Å²) in [5.74, 6) is 0.167. The smallest absolute Gasteiger partial charge is 0.279 e. The van der Waals surface area contributed by atoms with E-state index in [4.69, 9.17) is 21.1 Å². The van der Waals surface area contributed by atoms with E-state index < -0.39 is 17.9 Å². The van der Waals surface area contributed by atoms with Crippen LogP contribution >= 0.6 is 11.6 Å². The van der Waals surface area contributed by atoms with E-state index in [1.165, 1.54) is 5.56 Å². The first-order valence-corrected chi connectivity index (χ1v) is 9.41. The fourth-order valence-corrected chi connectivity index (χ4v) is 2.58. The Morgan fingerprint density at radius 3 is 2.21 bits per heavy atom. The standard InChI is InChI=1S/C21H25ClN2O4/c1-5-16-6-8-17(9-7-16)28-15(4)21(26)24-23-19(25)12-27-18-10-13(2)20(22)14(3)11-18/h6-11,15H,5,12H2,1-4H3,(H,23,25)(H,24,26)/t15-/m1/s1. The van der Waals surface area contributed by atoms with Gasteiger partial charge in [-0.1, -0.05) is 30.7 Å². The lowest BCUT2D eigenvalue weighted by molar-refractivity contribution is -0.133. The first-order valence-electron chi connectivity index (χ1n) is 9.04. The van der Waals surface area contributed by atoms with E-state index in [1.54, 1.807) is 19.1 Å². The van der Waals surface area contributed by atoms with Gasteiger partial charge in [-0.05, 0) is 68.1 Å². The number of hydrogen-bond donors (Lipinski definition) is 2. The van der Waals surface area contributed by atoms with Gasteiger partial charge in [-0.3, -0.25) is 20.4 Å². The third kappa shape index (κ3) is 6.16. The predicted molar refractivity (Wildman–Crippen MR) is 109 cm³/mol. The van der Waals surface area contributed by atoms with Crippen molar-refractivity contribution in [2.24, 2.45) is 0 Å². The molecule has 7 heteroatoms. The van der Waals surface area contributed by atoms with Gasteiger partial charge in [-0.25, -0.2) is 0 Å². The number of hydrazine groups is 1. The highest BCUT2D eigenvalue weighted by molar-refractivity contribution is 6.32. The maximum atomic E-state index is 12.1. The zero-order valence-electron chi connectivity index (χ0n) is 16.5. The van der Waals surface area contributed by atoms with Gasteiger partial charge in [0.1, 0.15) is 11.5 Å². The number of rotatable bonds is 7.